The maximum absolute atomic E-state index is 11.0. The molecule has 2 unspecified atom stereocenters. The summed E-state index contributed by atoms with van der Waals surface area (Å²) in [5, 5.41) is 0. The summed E-state index contributed by atoms with van der Waals surface area (Å²) in [6.07, 6.45) is 0.572. The molecule has 0 radical (unpaired) electrons. The van der Waals surface area contributed by atoms with Gasteiger partial charge in [-0.2, -0.15) is 0 Å². The largest absolute Gasteiger partial charge is 0.524 e. The maximum atomic E-state index is 11.0. The number of cyclic esters (lactones) is 2. The highest BCUT2D eigenvalue weighted by Crippen LogP contribution is 2.46. The number of hydrogen-bond donors (Lipinski definition) is 0. The Morgan fingerprint density at radius 3 is 2.93 bits per heavy atom. The van der Waals surface area contributed by atoms with E-state index >= 15 is 0 Å². The van der Waals surface area contributed by atoms with Crippen molar-refractivity contribution in [1.82, 2.24) is 0 Å². The molecule has 14 heavy (non-hydrogen) atoms. The van der Waals surface area contributed by atoms with E-state index in [0.29, 0.717) is 6.42 Å². The first-order chi connectivity index (χ1) is 6.68. The van der Waals surface area contributed by atoms with Gasteiger partial charge < -0.3 is 18.9 Å². The lowest BCUT2D eigenvalue weighted by molar-refractivity contribution is -0.158. The lowest BCUT2D eigenvalue weighted by Gasteiger charge is -2.21. The first-order valence-electron chi connectivity index (χ1n) is 4.21. The Kier molecular flexibility index (Phi) is 1.27. The molecule has 0 aliphatic carbocycles. The van der Waals surface area contributed by atoms with E-state index in [9.17, 15) is 9.59 Å². The third-order valence-corrected chi connectivity index (χ3v) is 2.42. The average Bonchev–Trinajstić information content (AvgIpc) is 2.56. The molecule has 74 valence electrons. The van der Waals surface area contributed by atoms with Crippen molar-refractivity contribution in [3.8, 4) is 0 Å². The Labute approximate surface area is 78.4 Å². The fraction of sp³-hybridized carbons (Fsp3) is 0.500. The quantitative estimate of drug-likeness (QED) is 0.428. The van der Waals surface area contributed by atoms with Crippen molar-refractivity contribution in [2.45, 2.75) is 24.7 Å². The monoisotopic (exact) mass is 198 g/mol. The molecular weight excluding hydrogens is 192 g/mol. The minimum atomic E-state index is -1.21. The van der Waals surface area contributed by atoms with Crippen molar-refractivity contribution in [3.05, 3.63) is 11.8 Å². The minimum absolute atomic E-state index is 0.135. The molecule has 0 aromatic heterocycles. The Morgan fingerprint density at radius 2 is 2.14 bits per heavy atom. The SMILES string of the molecule is O=C1OC(=O)OC23CCC(C=C2O1)O3. The smallest absolute Gasteiger partial charge is 0.393 e. The summed E-state index contributed by atoms with van der Waals surface area (Å²) in [5.74, 6) is -0.988. The van der Waals surface area contributed by atoms with Gasteiger partial charge in [0, 0.05) is 6.42 Å². The highest BCUT2D eigenvalue weighted by molar-refractivity contribution is 5.79. The van der Waals surface area contributed by atoms with Gasteiger partial charge in [0.25, 0.3) is 5.79 Å². The van der Waals surface area contributed by atoms with Crippen LogP contribution in [0.25, 0.3) is 0 Å². The number of ether oxygens (including phenoxy) is 4. The van der Waals surface area contributed by atoms with Crippen molar-refractivity contribution in [2.75, 3.05) is 0 Å². The molecule has 6 heteroatoms. The number of fused-ring (bicyclic) bond motifs is 1. The second-order valence-corrected chi connectivity index (χ2v) is 3.28. The highest BCUT2D eigenvalue weighted by atomic mass is 16.9. The van der Waals surface area contributed by atoms with Gasteiger partial charge in [-0.1, -0.05) is 0 Å². The van der Waals surface area contributed by atoms with Crippen molar-refractivity contribution in [1.29, 1.82) is 0 Å². The van der Waals surface area contributed by atoms with Crippen LogP contribution in [-0.2, 0) is 18.9 Å². The summed E-state index contributed by atoms with van der Waals surface area (Å²) in [5.41, 5.74) is 0. The van der Waals surface area contributed by atoms with Crippen LogP contribution in [0.1, 0.15) is 12.8 Å². The fourth-order valence-corrected chi connectivity index (χ4v) is 1.86. The summed E-state index contributed by atoms with van der Waals surface area (Å²) in [6, 6.07) is 0. The zero-order chi connectivity index (χ0) is 9.76. The van der Waals surface area contributed by atoms with E-state index in [0.717, 1.165) is 6.42 Å². The fourth-order valence-electron chi connectivity index (χ4n) is 1.86. The van der Waals surface area contributed by atoms with Gasteiger partial charge in [0.1, 0.15) is 0 Å². The van der Waals surface area contributed by atoms with Crippen LogP contribution < -0.4 is 0 Å². The van der Waals surface area contributed by atoms with E-state index in [1.807, 2.05) is 0 Å². The van der Waals surface area contributed by atoms with Gasteiger partial charge in [-0.05, 0) is 12.5 Å². The summed E-state index contributed by atoms with van der Waals surface area (Å²) in [6.45, 7) is 0. The Balaban J connectivity index is 2.02. The third-order valence-electron chi connectivity index (χ3n) is 2.42. The van der Waals surface area contributed by atoms with E-state index < -0.39 is 18.1 Å². The van der Waals surface area contributed by atoms with Crippen LogP contribution in [0, 0.1) is 0 Å². The normalized spacial score (nSPS) is 39.1. The van der Waals surface area contributed by atoms with Gasteiger partial charge in [0.15, 0.2) is 5.76 Å². The minimum Gasteiger partial charge on any atom is -0.393 e. The molecular formula is C8H6O6. The van der Waals surface area contributed by atoms with E-state index in [1.165, 1.54) is 0 Å². The predicted molar refractivity (Wildman–Crippen MR) is 39.0 cm³/mol. The summed E-state index contributed by atoms with van der Waals surface area (Å²) < 4.78 is 19.2. The van der Waals surface area contributed by atoms with Gasteiger partial charge in [0.05, 0.1) is 6.10 Å². The molecule has 0 N–H and O–H groups in total. The molecule has 3 rings (SSSR count). The highest BCUT2D eigenvalue weighted by Gasteiger charge is 2.56. The van der Waals surface area contributed by atoms with Crippen LogP contribution in [0.2, 0.25) is 0 Å². The predicted octanol–water partition coefficient (Wildman–Crippen LogP) is 1.06. The number of hydrogen-bond acceptors (Lipinski definition) is 6. The second-order valence-electron chi connectivity index (χ2n) is 3.28. The number of rotatable bonds is 0. The van der Waals surface area contributed by atoms with Crippen LogP contribution in [0.15, 0.2) is 11.8 Å². The molecule has 2 bridgehead atoms. The van der Waals surface area contributed by atoms with Crippen LogP contribution in [0.5, 0.6) is 0 Å². The molecule has 3 aliphatic rings. The van der Waals surface area contributed by atoms with Crippen LogP contribution in [-0.4, -0.2) is 24.2 Å². The first-order valence-corrected chi connectivity index (χ1v) is 4.21. The van der Waals surface area contributed by atoms with E-state index in [2.05, 4.69) is 4.74 Å². The van der Waals surface area contributed by atoms with Crippen LogP contribution in [0.4, 0.5) is 9.59 Å². The lowest BCUT2D eigenvalue weighted by Crippen LogP contribution is -2.33. The van der Waals surface area contributed by atoms with Gasteiger partial charge in [0.2, 0.25) is 0 Å². The standard InChI is InChI=1S/C8H6O6/c9-6-11-5-3-4-1-2-8(5,13-4)14-7(10)12-6/h3-4H,1-2H2. The van der Waals surface area contributed by atoms with Crippen LogP contribution >= 0.6 is 0 Å². The maximum Gasteiger partial charge on any atom is 0.524 e. The molecule has 0 aromatic rings. The lowest BCUT2D eigenvalue weighted by atomic mass is 10.0. The van der Waals surface area contributed by atoms with Gasteiger partial charge in [-0.3, -0.25) is 0 Å². The Morgan fingerprint density at radius 1 is 1.29 bits per heavy atom. The molecule has 2 atom stereocenters. The average molecular weight is 198 g/mol. The second kappa shape index (κ2) is 2.27. The molecule has 0 aromatic carbocycles. The zero-order valence-corrected chi connectivity index (χ0v) is 7.02. The van der Waals surface area contributed by atoms with Crippen molar-refractivity contribution in [3.63, 3.8) is 0 Å². The van der Waals surface area contributed by atoms with E-state index in [4.69, 9.17) is 14.2 Å². The van der Waals surface area contributed by atoms with Crippen LogP contribution in [0.3, 0.4) is 0 Å². The molecule has 3 aliphatic heterocycles. The summed E-state index contributed by atoms with van der Waals surface area (Å²) in [4.78, 5) is 21.8. The molecule has 2 fully saturated rings. The zero-order valence-electron chi connectivity index (χ0n) is 7.02. The third kappa shape index (κ3) is 0.884. The molecule has 0 saturated carbocycles. The van der Waals surface area contributed by atoms with Crippen molar-refractivity contribution >= 4 is 12.3 Å². The Bertz CT molecular complexity index is 359. The first kappa shape index (κ1) is 7.81. The molecule has 3 heterocycles. The van der Waals surface area contributed by atoms with Crippen molar-refractivity contribution in [2.24, 2.45) is 0 Å². The molecule has 2 saturated heterocycles. The molecule has 0 amide bonds. The van der Waals surface area contributed by atoms with E-state index in [-0.39, 0.29) is 11.9 Å². The molecule has 1 spiro atoms. The molecule has 6 nitrogen and oxygen atoms in total. The van der Waals surface area contributed by atoms with Gasteiger partial charge >= 0.3 is 12.3 Å². The topological polar surface area (TPSA) is 71.1 Å². The summed E-state index contributed by atoms with van der Waals surface area (Å²) in [7, 11) is 0. The van der Waals surface area contributed by atoms with Crippen molar-refractivity contribution < 1.29 is 28.5 Å². The Hall–Kier alpha value is -1.56. The van der Waals surface area contributed by atoms with Gasteiger partial charge in [-0.25, -0.2) is 9.59 Å². The van der Waals surface area contributed by atoms with Gasteiger partial charge in [-0.15, -0.1) is 0 Å². The number of carbonyl (C=O) groups excluding carboxylic acids is 2. The summed E-state index contributed by atoms with van der Waals surface area (Å²) >= 11 is 0. The van der Waals surface area contributed by atoms with E-state index in [1.54, 1.807) is 6.08 Å². The number of carbonyl (C=O) groups is 2.